The lowest BCUT2D eigenvalue weighted by Crippen LogP contribution is -2.59. The molecule has 1 heterocycles. The summed E-state index contributed by atoms with van der Waals surface area (Å²) in [5.74, 6) is -0.162. The van der Waals surface area contributed by atoms with E-state index in [1.165, 1.54) is 0 Å². The molecule has 0 aliphatic carbocycles. The van der Waals surface area contributed by atoms with E-state index in [2.05, 4.69) is 72.9 Å². The highest BCUT2D eigenvalue weighted by atomic mass is 16.5. The third-order valence-corrected chi connectivity index (χ3v) is 7.01. The molecule has 1 aliphatic heterocycles. The van der Waals surface area contributed by atoms with Crippen LogP contribution in [0.5, 0.6) is 0 Å². The second kappa shape index (κ2) is 14.0. The first-order valence-electron chi connectivity index (χ1n) is 14.0. The van der Waals surface area contributed by atoms with Crippen molar-refractivity contribution in [2.45, 2.75) is 168 Å². The fraction of sp³-hybridized carbons (Fsp3) is 0.931. The van der Waals surface area contributed by atoms with E-state index >= 15 is 0 Å². The molecule has 6 heteroatoms. The molecule has 0 aromatic carbocycles. The van der Waals surface area contributed by atoms with Crippen LogP contribution in [0, 0.1) is 0 Å². The lowest BCUT2D eigenvalue weighted by atomic mass is 9.81. The van der Waals surface area contributed by atoms with Gasteiger partial charge in [-0.1, -0.05) is 32.6 Å². The number of ether oxygens (including phenoxy) is 2. The molecule has 0 saturated carbocycles. The van der Waals surface area contributed by atoms with Gasteiger partial charge in [0, 0.05) is 47.8 Å². The fourth-order valence-corrected chi connectivity index (χ4v) is 5.36. The van der Waals surface area contributed by atoms with Gasteiger partial charge in [-0.25, -0.2) is 0 Å². The maximum atomic E-state index is 12.3. The van der Waals surface area contributed by atoms with Gasteiger partial charge >= 0.3 is 11.9 Å². The van der Waals surface area contributed by atoms with E-state index in [9.17, 15) is 9.59 Å². The molecule has 0 radical (unpaired) electrons. The Kier molecular flexibility index (Phi) is 12.7. The summed E-state index contributed by atoms with van der Waals surface area (Å²) >= 11 is 0. The second-order valence-electron chi connectivity index (χ2n) is 13.3. The number of nitrogens with one attached hydrogen (secondary N) is 2. The van der Waals surface area contributed by atoms with Gasteiger partial charge in [-0.2, -0.15) is 0 Å². The van der Waals surface area contributed by atoms with Crippen LogP contribution in [0.2, 0.25) is 0 Å². The van der Waals surface area contributed by atoms with Crippen LogP contribution >= 0.6 is 0 Å². The molecule has 1 saturated heterocycles. The standard InChI is InChI=1S/C29H56N2O4/c1-10-26(2,3)30-27(4,5)19-20-34-24(32)17-15-13-11-12-14-16-18-25(33)35-23-21-28(6,7)31-29(8,9)22-23/h23,30-31H,10-22H2,1-9H3. The van der Waals surface area contributed by atoms with Gasteiger partial charge < -0.3 is 20.1 Å². The summed E-state index contributed by atoms with van der Waals surface area (Å²) in [7, 11) is 0. The fourth-order valence-electron chi connectivity index (χ4n) is 5.36. The van der Waals surface area contributed by atoms with E-state index in [1.807, 2.05) is 0 Å². The topological polar surface area (TPSA) is 76.7 Å². The predicted molar refractivity (Wildman–Crippen MR) is 145 cm³/mol. The highest BCUT2D eigenvalue weighted by Gasteiger charge is 2.39. The monoisotopic (exact) mass is 496 g/mol. The van der Waals surface area contributed by atoms with Gasteiger partial charge in [-0.3, -0.25) is 9.59 Å². The molecule has 0 aromatic heterocycles. The highest BCUT2D eigenvalue weighted by molar-refractivity contribution is 5.69. The van der Waals surface area contributed by atoms with E-state index < -0.39 is 0 Å². The molecule has 0 spiro atoms. The largest absolute Gasteiger partial charge is 0.466 e. The van der Waals surface area contributed by atoms with Crippen molar-refractivity contribution in [1.82, 2.24) is 10.6 Å². The summed E-state index contributed by atoms with van der Waals surface area (Å²) in [6.45, 7) is 20.0. The van der Waals surface area contributed by atoms with Gasteiger partial charge in [0.25, 0.3) is 0 Å². The summed E-state index contributed by atoms with van der Waals surface area (Å²) in [5.41, 5.74) is -0.0141. The normalized spacial score (nSPS) is 18.3. The number of carbonyl (C=O) groups excluding carboxylic acids is 2. The molecule has 0 amide bonds. The van der Waals surface area contributed by atoms with Crippen LogP contribution in [0.15, 0.2) is 0 Å². The van der Waals surface area contributed by atoms with Gasteiger partial charge in [0.2, 0.25) is 0 Å². The Morgan fingerprint density at radius 2 is 1.31 bits per heavy atom. The van der Waals surface area contributed by atoms with Crippen molar-refractivity contribution in [2.24, 2.45) is 0 Å². The Hall–Kier alpha value is -1.14. The molecule has 0 atom stereocenters. The third kappa shape index (κ3) is 14.9. The number of rotatable bonds is 16. The number of esters is 2. The van der Waals surface area contributed by atoms with Gasteiger partial charge in [-0.15, -0.1) is 0 Å². The van der Waals surface area contributed by atoms with Gasteiger partial charge in [0.05, 0.1) is 6.61 Å². The van der Waals surface area contributed by atoms with E-state index in [4.69, 9.17) is 9.47 Å². The molecule has 1 aliphatic rings. The van der Waals surface area contributed by atoms with Gasteiger partial charge in [0.1, 0.15) is 6.10 Å². The summed E-state index contributed by atoms with van der Waals surface area (Å²) in [5, 5.41) is 7.26. The average Bonchev–Trinajstić information content (AvgIpc) is 2.66. The first-order valence-corrected chi connectivity index (χ1v) is 14.0. The molecular weight excluding hydrogens is 440 g/mol. The third-order valence-electron chi connectivity index (χ3n) is 7.01. The van der Waals surface area contributed by atoms with Gasteiger partial charge in [0.15, 0.2) is 0 Å². The zero-order valence-corrected chi connectivity index (χ0v) is 24.4. The van der Waals surface area contributed by atoms with Crippen LogP contribution in [0.25, 0.3) is 0 Å². The lowest BCUT2D eigenvalue weighted by molar-refractivity contribution is -0.153. The van der Waals surface area contributed by atoms with Crippen molar-refractivity contribution >= 4 is 11.9 Å². The van der Waals surface area contributed by atoms with Crippen molar-refractivity contribution in [1.29, 1.82) is 0 Å². The van der Waals surface area contributed by atoms with Crippen molar-refractivity contribution in [2.75, 3.05) is 6.61 Å². The SMILES string of the molecule is CCC(C)(C)NC(C)(C)CCOC(=O)CCCCCCCCC(=O)OC1CC(C)(C)NC(C)(C)C1. The highest BCUT2D eigenvalue weighted by Crippen LogP contribution is 2.30. The number of carbonyl (C=O) groups is 2. The molecule has 6 nitrogen and oxygen atoms in total. The molecule has 35 heavy (non-hydrogen) atoms. The van der Waals surface area contributed by atoms with Crippen LogP contribution in [0.1, 0.15) is 139 Å². The number of piperidine rings is 1. The van der Waals surface area contributed by atoms with Crippen LogP contribution in [0.4, 0.5) is 0 Å². The molecule has 0 aromatic rings. The van der Waals surface area contributed by atoms with Crippen LogP contribution in [0.3, 0.4) is 0 Å². The predicted octanol–water partition coefficient (Wildman–Crippen LogP) is 6.45. The molecule has 0 bridgehead atoms. The number of hydrogen-bond acceptors (Lipinski definition) is 6. The lowest BCUT2D eigenvalue weighted by Gasteiger charge is -2.45. The van der Waals surface area contributed by atoms with Crippen LogP contribution < -0.4 is 10.6 Å². The molecule has 1 fully saturated rings. The molecule has 2 N–H and O–H groups in total. The minimum absolute atomic E-state index is 0.000902. The van der Waals surface area contributed by atoms with E-state index in [0.717, 1.165) is 64.2 Å². The Morgan fingerprint density at radius 1 is 0.829 bits per heavy atom. The Balaban J connectivity index is 2.06. The maximum Gasteiger partial charge on any atom is 0.306 e. The first kappa shape index (κ1) is 31.9. The van der Waals surface area contributed by atoms with Crippen LogP contribution in [-0.2, 0) is 19.1 Å². The molecule has 206 valence electrons. The summed E-state index contributed by atoms with van der Waals surface area (Å²) in [6.07, 6.45) is 10.5. The quantitative estimate of drug-likeness (QED) is 0.189. The average molecular weight is 497 g/mol. The molecular formula is C29H56N2O4. The van der Waals surface area contributed by atoms with Gasteiger partial charge in [-0.05, 0) is 81.1 Å². The zero-order chi connectivity index (χ0) is 26.8. The van der Waals surface area contributed by atoms with E-state index in [0.29, 0.717) is 19.4 Å². The van der Waals surface area contributed by atoms with Crippen LogP contribution in [-0.4, -0.2) is 46.8 Å². The van der Waals surface area contributed by atoms with Crippen molar-refractivity contribution in [3.05, 3.63) is 0 Å². The van der Waals surface area contributed by atoms with Crippen molar-refractivity contribution in [3.8, 4) is 0 Å². The maximum absolute atomic E-state index is 12.3. The summed E-state index contributed by atoms with van der Waals surface area (Å²) in [4.78, 5) is 24.3. The van der Waals surface area contributed by atoms with E-state index in [1.54, 1.807) is 0 Å². The summed E-state index contributed by atoms with van der Waals surface area (Å²) < 4.78 is 11.2. The zero-order valence-electron chi connectivity index (χ0n) is 24.4. The molecule has 1 rings (SSSR count). The second-order valence-corrected chi connectivity index (χ2v) is 13.3. The Bertz CT molecular complexity index is 639. The summed E-state index contributed by atoms with van der Waals surface area (Å²) in [6, 6.07) is 0. The number of hydrogen-bond donors (Lipinski definition) is 2. The Morgan fingerprint density at radius 3 is 1.83 bits per heavy atom. The minimum atomic E-state index is -0.0948. The molecule has 0 unspecified atom stereocenters. The Labute approximate surface area is 216 Å². The van der Waals surface area contributed by atoms with E-state index in [-0.39, 0.29) is 40.2 Å². The minimum Gasteiger partial charge on any atom is -0.466 e. The number of unbranched alkanes of at least 4 members (excludes halogenated alkanes) is 5. The van der Waals surface area contributed by atoms with Crippen molar-refractivity contribution < 1.29 is 19.1 Å². The smallest absolute Gasteiger partial charge is 0.306 e. The first-order chi connectivity index (χ1) is 16.0. The van der Waals surface area contributed by atoms with Crippen molar-refractivity contribution in [3.63, 3.8) is 0 Å².